The summed E-state index contributed by atoms with van der Waals surface area (Å²) in [5.41, 5.74) is 2.58. The molecule has 0 amide bonds. The van der Waals surface area contributed by atoms with Gasteiger partial charge in [-0.25, -0.2) is 13.1 Å². The molecule has 21 heavy (non-hydrogen) atoms. The summed E-state index contributed by atoms with van der Waals surface area (Å²) in [6.45, 7) is 0.351. The van der Waals surface area contributed by atoms with Crippen LogP contribution in [0.3, 0.4) is 0 Å². The lowest BCUT2D eigenvalue weighted by Gasteiger charge is -2.07. The molecule has 0 radical (unpaired) electrons. The summed E-state index contributed by atoms with van der Waals surface area (Å²) in [5.74, 6) is -0.0481. The van der Waals surface area contributed by atoms with Gasteiger partial charge >= 0.3 is 0 Å². The molecule has 4 nitrogen and oxygen atoms in total. The van der Waals surface area contributed by atoms with Gasteiger partial charge in [-0.3, -0.25) is 0 Å². The van der Waals surface area contributed by atoms with Gasteiger partial charge in [-0.15, -0.1) is 0 Å². The number of nitrogens with one attached hydrogen (secondary N) is 1. The number of aliphatic hydroxyl groups is 1. The van der Waals surface area contributed by atoms with E-state index in [4.69, 9.17) is 5.11 Å². The molecule has 0 spiro atoms. The fourth-order valence-electron chi connectivity index (χ4n) is 2.01. The van der Waals surface area contributed by atoms with Crippen molar-refractivity contribution in [1.82, 2.24) is 4.72 Å². The fraction of sp³-hybridized carbons (Fsp3) is 0.250. The summed E-state index contributed by atoms with van der Waals surface area (Å²) < 4.78 is 26.6. The van der Waals surface area contributed by atoms with E-state index in [0.717, 1.165) is 11.1 Å². The molecule has 0 saturated carbocycles. The summed E-state index contributed by atoms with van der Waals surface area (Å²) in [5, 5.41) is 8.95. The van der Waals surface area contributed by atoms with Crippen LogP contribution in [0.15, 0.2) is 54.6 Å². The van der Waals surface area contributed by atoms with Crippen molar-refractivity contribution in [1.29, 1.82) is 0 Å². The molecule has 0 bridgehead atoms. The van der Waals surface area contributed by atoms with E-state index in [2.05, 4.69) is 4.72 Å². The molecule has 0 atom stereocenters. The van der Waals surface area contributed by atoms with Gasteiger partial charge in [-0.05, 0) is 23.1 Å². The second-order valence-corrected chi connectivity index (χ2v) is 6.67. The molecule has 0 aliphatic rings. The van der Waals surface area contributed by atoms with Crippen molar-refractivity contribution in [3.63, 3.8) is 0 Å². The Bertz CT molecular complexity index is 652. The van der Waals surface area contributed by atoms with Crippen LogP contribution < -0.4 is 4.72 Å². The van der Waals surface area contributed by atoms with Gasteiger partial charge in [0.15, 0.2) is 0 Å². The van der Waals surface area contributed by atoms with Gasteiger partial charge in [-0.1, -0.05) is 54.6 Å². The van der Waals surface area contributed by atoms with Crippen LogP contribution in [0.25, 0.3) is 0 Å². The van der Waals surface area contributed by atoms with Crippen LogP contribution in [0.4, 0.5) is 0 Å². The Balaban J connectivity index is 1.86. The maximum Gasteiger partial charge on any atom is 0.215 e. The molecule has 0 unspecified atom stereocenters. The van der Waals surface area contributed by atoms with E-state index in [-0.39, 0.29) is 12.4 Å². The Hall–Kier alpha value is -1.69. The number of hydrogen-bond acceptors (Lipinski definition) is 3. The first-order valence-electron chi connectivity index (χ1n) is 6.79. The van der Waals surface area contributed by atoms with Gasteiger partial charge in [0.05, 0.1) is 12.4 Å². The SMILES string of the molecule is O=S(=O)(Cc1ccc(CO)cc1)NCCc1ccccc1. The maximum absolute atomic E-state index is 12.0. The van der Waals surface area contributed by atoms with Crippen LogP contribution in [0.5, 0.6) is 0 Å². The van der Waals surface area contributed by atoms with Crippen molar-refractivity contribution in [2.75, 3.05) is 6.54 Å². The van der Waals surface area contributed by atoms with Gasteiger partial charge in [0.2, 0.25) is 10.0 Å². The van der Waals surface area contributed by atoms with Crippen molar-refractivity contribution in [2.45, 2.75) is 18.8 Å². The Morgan fingerprint density at radius 1 is 0.857 bits per heavy atom. The molecule has 0 heterocycles. The molecular formula is C16H19NO3S. The first-order valence-corrected chi connectivity index (χ1v) is 8.44. The molecule has 0 aliphatic heterocycles. The van der Waals surface area contributed by atoms with Crippen LogP contribution in [-0.2, 0) is 28.8 Å². The molecule has 0 saturated heterocycles. The maximum atomic E-state index is 12.0. The van der Waals surface area contributed by atoms with Crippen molar-refractivity contribution in [3.8, 4) is 0 Å². The molecule has 0 aromatic heterocycles. The third-order valence-corrected chi connectivity index (χ3v) is 4.50. The highest BCUT2D eigenvalue weighted by molar-refractivity contribution is 7.88. The summed E-state index contributed by atoms with van der Waals surface area (Å²) in [6, 6.07) is 16.7. The number of hydrogen-bond donors (Lipinski definition) is 2. The molecule has 0 aliphatic carbocycles. The molecular weight excluding hydrogens is 286 g/mol. The van der Waals surface area contributed by atoms with Crippen LogP contribution in [0.2, 0.25) is 0 Å². The van der Waals surface area contributed by atoms with Gasteiger partial charge < -0.3 is 5.11 Å². The lowest BCUT2D eigenvalue weighted by molar-refractivity contribution is 0.282. The monoisotopic (exact) mass is 305 g/mol. The van der Waals surface area contributed by atoms with Crippen LogP contribution in [-0.4, -0.2) is 20.1 Å². The molecule has 2 aromatic rings. The van der Waals surface area contributed by atoms with Crippen LogP contribution >= 0.6 is 0 Å². The van der Waals surface area contributed by atoms with Gasteiger partial charge in [0, 0.05) is 6.54 Å². The topological polar surface area (TPSA) is 66.4 Å². The van der Waals surface area contributed by atoms with Crippen LogP contribution in [0.1, 0.15) is 16.7 Å². The number of benzene rings is 2. The van der Waals surface area contributed by atoms with E-state index < -0.39 is 10.0 Å². The standard InChI is InChI=1S/C16H19NO3S/c18-12-15-6-8-16(9-7-15)13-21(19,20)17-11-10-14-4-2-1-3-5-14/h1-9,17-18H,10-13H2. The zero-order valence-electron chi connectivity index (χ0n) is 11.7. The summed E-state index contributed by atoms with van der Waals surface area (Å²) in [6.07, 6.45) is 0.670. The average Bonchev–Trinajstić information content (AvgIpc) is 2.48. The normalized spacial score (nSPS) is 11.5. The van der Waals surface area contributed by atoms with Crippen molar-refractivity contribution in [3.05, 3.63) is 71.3 Å². The Morgan fingerprint density at radius 3 is 2.10 bits per heavy atom. The quantitative estimate of drug-likeness (QED) is 0.820. The zero-order valence-corrected chi connectivity index (χ0v) is 12.5. The Kier molecular flexibility index (Phi) is 5.50. The smallest absolute Gasteiger partial charge is 0.215 e. The second kappa shape index (κ2) is 7.36. The van der Waals surface area contributed by atoms with Crippen molar-refractivity contribution < 1.29 is 13.5 Å². The summed E-state index contributed by atoms with van der Waals surface area (Å²) in [7, 11) is -3.34. The highest BCUT2D eigenvalue weighted by Gasteiger charge is 2.10. The highest BCUT2D eigenvalue weighted by Crippen LogP contribution is 2.08. The largest absolute Gasteiger partial charge is 0.392 e. The Morgan fingerprint density at radius 2 is 1.48 bits per heavy atom. The molecule has 2 N–H and O–H groups in total. The van der Waals surface area contributed by atoms with Gasteiger partial charge in [0.25, 0.3) is 0 Å². The van der Waals surface area contributed by atoms with E-state index >= 15 is 0 Å². The van der Waals surface area contributed by atoms with Crippen molar-refractivity contribution >= 4 is 10.0 Å². The highest BCUT2D eigenvalue weighted by atomic mass is 32.2. The van der Waals surface area contributed by atoms with E-state index in [1.807, 2.05) is 30.3 Å². The molecule has 2 aromatic carbocycles. The molecule has 2 rings (SSSR count). The lowest BCUT2D eigenvalue weighted by Crippen LogP contribution is -2.27. The van der Waals surface area contributed by atoms with Crippen molar-refractivity contribution in [2.24, 2.45) is 0 Å². The first kappa shape index (κ1) is 15.7. The third-order valence-electron chi connectivity index (χ3n) is 3.14. The molecule has 112 valence electrons. The number of aliphatic hydroxyl groups excluding tert-OH is 1. The average molecular weight is 305 g/mol. The van der Waals surface area contributed by atoms with E-state index in [1.165, 1.54) is 0 Å². The van der Waals surface area contributed by atoms with E-state index in [1.54, 1.807) is 24.3 Å². The predicted octanol–water partition coefficient (Wildman–Crippen LogP) is 1.84. The Labute approximate surface area is 125 Å². The van der Waals surface area contributed by atoms with Gasteiger partial charge in [-0.2, -0.15) is 0 Å². The minimum absolute atomic E-state index is 0.0393. The van der Waals surface area contributed by atoms with E-state index in [9.17, 15) is 8.42 Å². The number of rotatable bonds is 7. The summed E-state index contributed by atoms with van der Waals surface area (Å²) in [4.78, 5) is 0. The fourth-order valence-corrected chi connectivity index (χ4v) is 3.15. The lowest BCUT2D eigenvalue weighted by atomic mass is 10.2. The minimum atomic E-state index is -3.34. The number of sulfonamides is 1. The molecule has 5 heteroatoms. The first-order chi connectivity index (χ1) is 10.1. The third kappa shape index (κ3) is 5.30. The van der Waals surface area contributed by atoms with Crippen LogP contribution in [0, 0.1) is 0 Å². The minimum Gasteiger partial charge on any atom is -0.392 e. The predicted molar refractivity (Wildman–Crippen MR) is 83.1 cm³/mol. The zero-order chi connectivity index (χ0) is 15.1. The summed E-state index contributed by atoms with van der Waals surface area (Å²) >= 11 is 0. The second-order valence-electron chi connectivity index (χ2n) is 4.86. The molecule has 0 fully saturated rings. The van der Waals surface area contributed by atoms with Gasteiger partial charge in [0.1, 0.15) is 0 Å². The van der Waals surface area contributed by atoms with E-state index in [0.29, 0.717) is 18.5 Å².